The van der Waals surface area contributed by atoms with E-state index in [9.17, 15) is 8.42 Å². The summed E-state index contributed by atoms with van der Waals surface area (Å²) < 4.78 is 31.1. The molecule has 6 nitrogen and oxygen atoms in total. The van der Waals surface area contributed by atoms with Crippen molar-refractivity contribution >= 4 is 27.2 Å². The first-order valence-electron chi connectivity index (χ1n) is 6.90. The quantitative estimate of drug-likeness (QED) is 0.819. The zero-order chi connectivity index (χ0) is 16.0. The minimum Gasteiger partial charge on any atom is -0.495 e. The SMILES string of the molecule is CCCS(=O)(=O)Nc1ccc(Nc2ccccc2OC)cn1. The molecular weight excluding hydrogens is 302 g/mol. The van der Waals surface area contributed by atoms with Crippen molar-refractivity contribution in [2.75, 3.05) is 22.9 Å². The van der Waals surface area contributed by atoms with E-state index in [4.69, 9.17) is 4.74 Å². The van der Waals surface area contributed by atoms with Crippen LogP contribution in [-0.2, 0) is 10.0 Å². The minimum absolute atomic E-state index is 0.0793. The summed E-state index contributed by atoms with van der Waals surface area (Å²) in [6.07, 6.45) is 2.12. The van der Waals surface area contributed by atoms with Gasteiger partial charge in [0.1, 0.15) is 11.6 Å². The molecule has 1 heterocycles. The van der Waals surface area contributed by atoms with Gasteiger partial charge in [-0.05, 0) is 30.7 Å². The standard InChI is InChI=1S/C15H19N3O3S/c1-3-10-22(19,20)18-15-9-8-12(11-16-15)17-13-6-4-5-7-14(13)21-2/h4-9,11,17H,3,10H2,1-2H3,(H,16,18). The van der Waals surface area contributed by atoms with E-state index < -0.39 is 10.0 Å². The van der Waals surface area contributed by atoms with Crippen molar-refractivity contribution in [3.8, 4) is 5.75 Å². The molecule has 1 aromatic carbocycles. The Morgan fingerprint density at radius 2 is 1.95 bits per heavy atom. The van der Waals surface area contributed by atoms with Crippen molar-refractivity contribution < 1.29 is 13.2 Å². The van der Waals surface area contributed by atoms with Crippen LogP contribution >= 0.6 is 0 Å². The molecule has 7 heteroatoms. The monoisotopic (exact) mass is 321 g/mol. The van der Waals surface area contributed by atoms with Crippen LogP contribution in [0.1, 0.15) is 13.3 Å². The third-order valence-corrected chi connectivity index (χ3v) is 4.35. The van der Waals surface area contributed by atoms with Crippen LogP contribution in [0.15, 0.2) is 42.6 Å². The Morgan fingerprint density at radius 1 is 1.18 bits per heavy atom. The van der Waals surface area contributed by atoms with Crippen LogP contribution in [0.3, 0.4) is 0 Å². The number of nitrogens with one attached hydrogen (secondary N) is 2. The van der Waals surface area contributed by atoms with Crippen molar-refractivity contribution in [2.24, 2.45) is 0 Å². The predicted octanol–water partition coefficient (Wildman–Crippen LogP) is 2.99. The Morgan fingerprint density at radius 3 is 2.59 bits per heavy atom. The van der Waals surface area contributed by atoms with Gasteiger partial charge in [0.2, 0.25) is 10.0 Å². The number of hydrogen-bond acceptors (Lipinski definition) is 5. The Balaban J connectivity index is 2.09. The van der Waals surface area contributed by atoms with Crippen LogP contribution in [-0.4, -0.2) is 26.3 Å². The maximum atomic E-state index is 11.7. The summed E-state index contributed by atoms with van der Waals surface area (Å²) in [5.41, 5.74) is 1.55. The van der Waals surface area contributed by atoms with Crippen molar-refractivity contribution in [1.82, 2.24) is 4.98 Å². The smallest absolute Gasteiger partial charge is 0.233 e. The van der Waals surface area contributed by atoms with Gasteiger partial charge in [0.25, 0.3) is 0 Å². The normalized spacial score (nSPS) is 11.0. The lowest BCUT2D eigenvalue weighted by Crippen LogP contribution is -2.16. The molecule has 0 saturated carbocycles. The first-order valence-corrected chi connectivity index (χ1v) is 8.56. The molecule has 0 fully saturated rings. The lowest BCUT2D eigenvalue weighted by Gasteiger charge is -2.11. The number of para-hydroxylation sites is 2. The summed E-state index contributed by atoms with van der Waals surface area (Å²) in [4.78, 5) is 4.10. The molecule has 0 spiro atoms. The molecule has 0 radical (unpaired) electrons. The largest absolute Gasteiger partial charge is 0.495 e. The molecule has 0 aliphatic heterocycles. The van der Waals surface area contributed by atoms with Crippen LogP contribution in [0.25, 0.3) is 0 Å². The topological polar surface area (TPSA) is 80.3 Å². The van der Waals surface area contributed by atoms with E-state index >= 15 is 0 Å². The van der Waals surface area contributed by atoms with E-state index in [0.717, 1.165) is 17.1 Å². The van der Waals surface area contributed by atoms with Gasteiger partial charge in [0, 0.05) is 0 Å². The zero-order valence-corrected chi connectivity index (χ0v) is 13.4. The van der Waals surface area contributed by atoms with Gasteiger partial charge < -0.3 is 10.1 Å². The Kier molecular flexibility index (Phi) is 5.21. The highest BCUT2D eigenvalue weighted by Crippen LogP contribution is 2.26. The fourth-order valence-electron chi connectivity index (χ4n) is 1.91. The van der Waals surface area contributed by atoms with Gasteiger partial charge in [-0.3, -0.25) is 4.72 Å². The zero-order valence-electron chi connectivity index (χ0n) is 12.5. The Bertz CT molecular complexity index is 715. The number of nitrogens with zero attached hydrogens (tertiary/aromatic N) is 1. The third-order valence-electron chi connectivity index (χ3n) is 2.88. The van der Waals surface area contributed by atoms with E-state index in [2.05, 4.69) is 15.0 Å². The summed E-state index contributed by atoms with van der Waals surface area (Å²) in [6.45, 7) is 1.81. The summed E-state index contributed by atoms with van der Waals surface area (Å²) >= 11 is 0. The lowest BCUT2D eigenvalue weighted by molar-refractivity contribution is 0.417. The average molecular weight is 321 g/mol. The maximum absolute atomic E-state index is 11.7. The van der Waals surface area contributed by atoms with Crippen LogP contribution in [0.4, 0.5) is 17.2 Å². The average Bonchev–Trinajstić information content (AvgIpc) is 2.49. The number of pyridine rings is 1. The number of hydrogen-bond donors (Lipinski definition) is 2. The van der Waals surface area contributed by atoms with Crippen LogP contribution in [0, 0.1) is 0 Å². The summed E-state index contributed by atoms with van der Waals surface area (Å²) in [7, 11) is -1.72. The third kappa shape index (κ3) is 4.36. The van der Waals surface area contributed by atoms with Crippen molar-refractivity contribution in [3.05, 3.63) is 42.6 Å². The number of sulfonamides is 1. The number of aromatic nitrogens is 1. The molecule has 0 aliphatic carbocycles. The van der Waals surface area contributed by atoms with Gasteiger partial charge >= 0.3 is 0 Å². The molecule has 2 rings (SSSR count). The molecule has 118 valence electrons. The second kappa shape index (κ2) is 7.13. The van der Waals surface area contributed by atoms with E-state index in [0.29, 0.717) is 12.2 Å². The molecule has 1 aromatic heterocycles. The first-order chi connectivity index (χ1) is 10.5. The highest BCUT2D eigenvalue weighted by Gasteiger charge is 2.09. The molecule has 0 amide bonds. The highest BCUT2D eigenvalue weighted by molar-refractivity contribution is 7.92. The van der Waals surface area contributed by atoms with E-state index in [1.807, 2.05) is 31.2 Å². The lowest BCUT2D eigenvalue weighted by atomic mass is 10.3. The maximum Gasteiger partial charge on any atom is 0.233 e. The molecule has 0 aliphatic rings. The summed E-state index contributed by atoms with van der Waals surface area (Å²) in [5, 5.41) is 3.17. The molecule has 2 aromatic rings. The second-order valence-electron chi connectivity index (χ2n) is 4.68. The van der Waals surface area contributed by atoms with Gasteiger partial charge in [0.15, 0.2) is 0 Å². The second-order valence-corrected chi connectivity index (χ2v) is 6.52. The molecule has 22 heavy (non-hydrogen) atoms. The first kappa shape index (κ1) is 16.1. The fourth-order valence-corrected chi connectivity index (χ4v) is 2.99. The van der Waals surface area contributed by atoms with Crippen molar-refractivity contribution in [2.45, 2.75) is 13.3 Å². The van der Waals surface area contributed by atoms with Crippen molar-refractivity contribution in [1.29, 1.82) is 0 Å². The molecule has 0 unspecified atom stereocenters. The number of ether oxygens (including phenoxy) is 1. The van der Waals surface area contributed by atoms with Crippen molar-refractivity contribution in [3.63, 3.8) is 0 Å². The molecule has 2 N–H and O–H groups in total. The number of rotatable bonds is 7. The Labute approximate surface area is 130 Å². The van der Waals surface area contributed by atoms with Gasteiger partial charge in [-0.15, -0.1) is 0 Å². The van der Waals surface area contributed by atoms with E-state index in [1.54, 1.807) is 25.4 Å². The summed E-state index contributed by atoms with van der Waals surface area (Å²) in [6, 6.07) is 10.9. The van der Waals surface area contributed by atoms with E-state index in [1.165, 1.54) is 0 Å². The number of anilines is 3. The van der Waals surface area contributed by atoms with Gasteiger partial charge in [-0.2, -0.15) is 0 Å². The van der Waals surface area contributed by atoms with Gasteiger partial charge in [-0.25, -0.2) is 13.4 Å². The predicted molar refractivity (Wildman–Crippen MR) is 88.2 cm³/mol. The highest BCUT2D eigenvalue weighted by atomic mass is 32.2. The van der Waals surface area contributed by atoms with Gasteiger partial charge in [0.05, 0.1) is 30.4 Å². The molecular formula is C15H19N3O3S. The Hall–Kier alpha value is -2.28. The number of methoxy groups -OCH3 is 1. The van der Waals surface area contributed by atoms with Crippen LogP contribution in [0.5, 0.6) is 5.75 Å². The van der Waals surface area contributed by atoms with Crippen LogP contribution < -0.4 is 14.8 Å². The number of benzene rings is 1. The van der Waals surface area contributed by atoms with Gasteiger partial charge in [-0.1, -0.05) is 19.1 Å². The van der Waals surface area contributed by atoms with E-state index in [-0.39, 0.29) is 5.75 Å². The molecule has 0 atom stereocenters. The molecule has 0 saturated heterocycles. The van der Waals surface area contributed by atoms with Crippen LogP contribution in [0.2, 0.25) is 0 Å². The summed E-state index contributed by atoms with van der Waals surface area (Å²) in [5.74, 6) is 1.10. The fraction of sp³-hybridized carbons (Fsp3) is 0.267. The minimum atomic E-state index is -3.32. The molecule has 0 bridgehead atoms.